The van der Waals surface area contributed by atoms with Gasteiger partial charge in [0, 0.05) is 17.3 Å². The van der Waals surface area contributed by atoms with Gasteiger partial charge >= 0.3 is 6.18 Å². The average molecular weight is 363 g/mol. The Bertz CT molecular complexity index is 826. The highest BCUT2D eigenvalue weighted by molar-refractivity contribution is 7.80. The molecule has 24 heavy (non-hydrogen) atoms. The van der Waals surface area contributed by atoms with Crippen molar-refractivity contribution in [3.8, 4) is 11.1 Å². The molecule has 0 aliphatic rings. The molecule has 0 radical (unpaired) electrons. The fourth-order valence-corrected chi connectivity index (χ4v) is 2.31. The number of nitrogens with one attached hydrogen (secondary N) is 1. The Morgan fingerprint density at radius 3 is 2.17 bits per heavy atom. The predicted octanol–water partition coefficient (Wildman–Crippen LogP) is 3.63. The van der Waals surface area contributed by atoms with E-state index < -0.39 is 39.4 Å². The molecule has 2 rings (SSSR count). The number of rotatable bonds is 4. The summed E-state index contributed by atoms with van der Waals surface area (Å²) in [4.78, 5) is 9.67. The van der Waals surface area contributed by atoms with Crippen LogP contribution in [0.25, 0.3) is 11.1 Å². The van der Waals surface area contributed by atoms with E-state index in [0.717, 1.165) is 18.2 Å². The topological polar surface area (TPSA) is 95.3 Å². The number of alkyl halides is 3. The summed E-state index contributed by atoms with van der Waals surface area (Å²) >= 11 is -2.76. The molecule has 6 nitrogen and oxygen atoms in total. The van der Waals surface area contributed by atoms with Crippen LogP contribution in [0, 0.1) is 15.9 Å². The SMILES string of the molecule is O=[N+]([O-])c1cc(-c2ccc(NS(=O)[O-])c(F)c2)ccc1C(F)(F)F. The first-order valence-electron chi connectivity index (χ1n) is 6.11. The highest BCUT2D eigenvalue weighted by Crippen LogP contribution is 2.38. The summed E-state index contributed by atoms with van der Waals surface area (Å²) in [6.07, 6.45) is -4.90. The largest absolute Gasteiger partial charge is 0.755 e. The summed E-state index contributed by atoms with van der Waals surface area (Å²) in [6, 6.07) is 5.28. The summed E-state index contributed by atoms with van der Waals surface area (Å²) in [5.41, 5.74) is -2.93. The van der Waals surface area contributed by atoms with Gasteiger partial charge in [-0.1, -0.05) is 12.1 Å². The second kappa shape index (κ2) is 6.53. The third-order valence-electron chi connectivity index (χ3n) is 3.00. The molecular weight excluding hydrogens is 356 g/mol. The monoisotopic (exact) mass is 363 g/mol. The first kappa shape index (κ1) is 17.8. The maximum atomic E-state index is 13.8. The Morgan fingerprint density at radius 2 is 1.67 bits per heavy atom. The zero-order valence-electron chi connectivity index (χ0n) is 11.5. The molecule has 2 aromatic carbocycles. The minimum absolute atomic E-state index is 0.0246. The maximum Gasteiger partial charge on any atom is 0.422 e. The second-order valence-electron chi connectivity index (χ2n) is 4.52. The lowest BCUT2D eigenvalue weighted by Gasteiger charge is -2.12. The van der Waals surface area contributed by atoms with Crippen LogP contribution in [0.2, 0.25) is 0 Å². The van der Waals surface area contributed by atoms with Crippen LogP contribution in [0.15, 0.2) is 36.4 Å². The zero-order chi connectivity index (χ0) is 18.1. The van der Waals surface area contributed by atoms with E-state index in [9.17, 15) is 36.4 Å². The lowest BCUT2D eigenvalue weighted by Crippen LogP contribution is -2.09. The predicted molar refractivity (Wildman–Crippen MR) is 76.0 cm³/mol. The van der Waals surface area contributed by atoms with E-state index in [1.54, 1.807) is 4.72 Å². The number of hydrogen-bond acceptors (Lipinski definition) is 4. The van der Waals surface area contributed by atoms with Gasteiger partial charge < -0.3 is 9.27 Å². The van der Waals surface area contributed by atoms with Crippen molar-refractivity contribution in [3.63, 3.8) is 0 Å². The van der Waals surface area contributed by atoms with Crippen molar-refractivity contribution < 1.29 is 31.2 Å². The minimum atomic E-state index is -4.90. The zero-order valence-corrected chi connectivity index (χ0v) is 12.3. The van der Waals surface area contributed by atoms with Gasteiger partial charge in [-0.3, -0.25) is 14.3 Å². The summed E-state index contributed by atoms with van der Waals surface area (Å²) in [5.74, 6) is -0.987. The third kappa shape index (κ3) is 3.86. The van der Waals surface area contributed by atoms with E-state index in [1.807, 2.05) is 0 Å². The average Bonchev–Trinajstić information content (AvgIpc) is 2.47. The molecule has 128 valence electrons. The van der Waals surface area contributed by atoms with Crippen LogP contribution >= 0.6 is 0 Å². The number of hydrogen-bond donors (Lipinski definition) is 1. The van der Waals surface area contributed by atoms with Crippen LogP contribution in [0.4, 0.5) is 28.9 Å². The molecule has 11 heteroatoms. The fourth-order valence-electron chi connectivity index (χ4n) is 1.97. The van der Waals surface area contributed by atoms with Gasteiger partial charge in [-0.2, -0.15) is 13.2 Å². The van der Waals surface area contributed by atoms with E-state index in [4.69, 9.17) is 0 Å². The standard InChI is InChI=1S/C13H8F4N2O4S/c14-10-5-7(2-4-11(10)18-24(22)23)8-1-3-9(13(15,16)17)12(6-8)19(20)21/h1-6,18H,(H,22,23)/p-1. The van der Waals surface area contributed by atoms with Gasteiger partial charge in [-0.05, 0) is 29.3 Å². The second-order valence-corrected chi connectivity index (χ2v) is 5.19. The molecule has 0 saturated heterocycles. The first-order chi connectivity index (χ1) is 11.1. The Hall–Kier alpha value is -2.53. The lowest BCUT2D eigenvalue weighted by molar-refractivity contribution is -0.388. The third-order valence-corrected chi connectivity index (χ3v) is 3.38. The quantitative estimate of drug-likeness (QED) is 0.388. The Kier molecular flexibility index (Phi) is 4.85. The molecule has 0 spiro atoms. The van der Waals surface area contributed by atoms with Crippen LogP contribution < -0.4 is 4.72 Å². The Morgan fingerprint density at radius 1 is 1.08 bits per heavy atom. The lowest BCUT2D eigenvalue weighted by atomic mass is 10.0. The number of anilines is 1. The van der Waals surface area contributed by atoms with Gasteiger partial charge in [0.2, 0.25) is 0 Å². The molecule has 1 atom stereocenters. The van der Waals surface area contributed by atoms with Gasteiger partial charge in [0.1, 0.15) is 11.4 Å². The van der Waals surface area contributed by atoms with Crippen molar-refractivity contribution in [3.05, 3.63) is 57.9 Å². The molecule has 0 saturated carbocycles. The van der Waals surface area contributed by atoms with Crippen molar-refractivity contribution in [2.24, 2.45) is 0 Å². The molecule has 0 amide bonds. The summed E-state index contributed by atoms with van der Waals surface area (Å²) in [6.45, 7) is 0. The van der Waals surface area contributed by atoms with Crippen LogP contribution in [0.1, 0.15) is 5.56 Å². The summed E-state index contributed by atoms with van der Waals surface area (Å²) in [7, 11) is 0. The van der Waals surface area contributed by atoms with Gasteiger partial charge in [-0.25, -0.2) is 4.39 Å². The smallest absolute Gasteiger partial charge is 0.422 e. The summed E-state index contributed by atoms with van der Waals surface area (Å²) < 4.78 is 74.8. The maximum absolute atomic E-state index is 13.8. The van der Waals surface area contributed by atoms with E-state index in [2.05, 4.69) is 0 Å². The van der Waals surface area contributed by atoms with Gasteiger partial charge in [0.15, 0.2) is 0 Å². The Labute approximate surface area is 134 Å². The highest BCUT2D eigenvalue weighted by atomic mass is 32.2. The van der Waals surface area contributed by atoms with Crippen LogP contribution in [0.5, 0.6) is 0 Å². The minimum Gasteiger partial charge on any atom is -0.755 e. The molecular formula is C13H7F4N2O4S-. The number of nitro benzene ring substituents is 1. The van der Waals surface area contributed by atoms with Crippen molar-refractivity contribution in [2.45, 2.75) is 6.18 Å². The van der Waals surface area contributed by atoms with Crippen molar-refractivity contribution in [1.82, 2.24) is 0 Å². The van der Waals surface area contributed by atoms with Crippen LogP contribution in [0.3, 0.4) is 0 Å². The number of nitro groups is 1. The van der Waals surface area contributed by atoms with E-state index in [1.165, 1.54) is 6.07 Å². The van der Waals surface area contributed by atoms with Crippen molar-refractivity contribution in [2.75, 3.05) is 4.72 Å². The van der Waals surface area contributed by atoms with Crippen LogP contribution in [-0.2, 0) is 17.4 Å². The van der Waals surface area contributed by atoms with Gasteiger partial charge in [-0.15, -0.1) is 0 Å². The molecule has 1 N–H and O–H groups in total. The molecule has 0 fully saturated rings. The molecule has 2 aromatic rings. The van der Waals surface area contributed by atoms with Gasteiger partial charge in [0.25, 0.3) is 5.69 Å². The Balaban J connectivity index is 2.50. The number of benzene rings is 2. The molecule has 0 aliphatic heterocycles. The van der Waals surface area contributed by atoms with E-state index in [-0.39, 0.29) is 16.8 Å². The number of halogens is 4. The molecule has 1 unspecified atom stereocenters. The molecule has 0 aromatic heterocycles. The van der Waals surface area contributed by atoms with Crippen LogP contribution in [-0.4, -0.2) is 13.7 Å². The van der Waals surface area contributed by atoms with Crippen molar-refractivity contribution in [1.29, 1.82) is 0 Å². The normalized spacial score (nSPS) is 12.7. The first-order valence-corrected chi connectivity index (χ1v) is 7.18. The van der Waals surface area contributed by atoms with E-state index >= 15 is 0 Å². The number of nitrogens with zero attached hydrogens (tertiary/aromatic N) is 1. The molecule has 0 bridgehead atoms. The molecule has 0 aliphatic carbocycles. The molecule has 0 heterocycles. The fraction of sp³-hybridized carbons (Fsp3) is 0.0769. The van der Waals surface area contributed by atoms with Gasteiger partial charge in [0.05, 0.1) is 10.6 Å². The van der Waals surface area contributed by atoms with Crippen molar-refractivity contribution >= 4 is 22.6 Å². The van der Waals surface area contributed by atoms with E-state index in [0.29, 0.717) is 12.1 Å². The summed E-state index contributed by atoms with van der Waals surface area (Å²) in [5, 5.41) is 10.8. The highest BCUT2D eigenvalue weighted by Gasteiger charge is 2.38.